The number of halogens is 1. The van der Waals surface area contributed by atoms with Gasteiger partial charge in [-0.05, 0) is 34.9 Å². The predicted molar refractivity (Wildman–Crippen MR) is 82.7 cm³/mol. The van der Waals surface area contributed by atoms with Crippen LogP contribution in [0.3, 0.4) is 0 Å². The maximum absolute atomic E-state index is 6.57. The van der Waals surface area contributed by atoms with Gasteiger partial charge in [0.05, 0.1) is 5.38 Å². The molecule has 1 aromatic carbocycles. The Bertz CT molecular complexity index is 366. The first-order valence-electron chi connectivity index (χ1n) is 7.25. The molecule has 0 saturated carbocycles. The van der Waals surface area contributed by atoms with Crippen LogP contribution in [0, 0.1) is 0 Å². The first-order chi connectivity index (χ1) is 8.47. The second kappa shape index (κ2) is 7.19. The molecule has 102 valence electrons. The molecule has 0 aliphatic heterocycles. The van der Waals surface area contributed by atoms with E-state index in [2.05, 4.69) is 52.8 Å². The van der Waals surface area contributed by atoms with Crippen LogP contribution in [0.2, 0.25) is 0 Å². The molecule has 0 N–H and O–H groups in total. The number of unbranched alkanes of at least 4 members (excludes halogenated alkanes) is 1. The SMILES string of the molecule is CCCCC(Cl)c1ccc(C(C)C)cc1C(C)C. The lowest BCUT2D eigenvalue weighted by atomic mass is 9.89. The summed E-state index contributed by atoms with van der Waals surface area (Å²) in [6.45, 7) is 11.2. The summed E-state index contributed by atoms with van der Waals surface area (Å²) in [7, 11) is 0. The Morgan fingerprint density at radius 3 is 2.17 bits per heavy atom. The molecule has 0 bridgehead atoms. The highest BCUT2D eigenvalue weighted by atomic mass is 35.5. The van der Waals surface area contributed by atoms with Crippen molar-refractivity contribution in [3.05, 3.63) is 34.9 Å². The molecule has 0 amide bonds. The van der Waals surface area contributed by atoms with Crippen LogP contribution in [0.5, 0.6) is 0 Å². The molecule has 1 aromatic rings. The number of rotatable bonds is 6. The monoisotopic (exact) mass is 266 g/mol. The quantitative estimate of drug-likeness (QED) is 0.522. The van der Waals surface area contributed by atoms with Crippen molar-refractivity contribution < 1.29 is 0 Å². The number of hydrogen-bond donors (Lipinski definition) is 0. The zero-order chi connectivity index (χ0) is 13.7. The van der Waals surface area contributed by atoms with E-state index in [1.807, 2.05) is 0 Å². The number of benzene rings is 1. The molecule has 0 aromatic heterocycles. The van der Waals surface area contributed by atoms with E-state index in [9.17, 15) is 0 Å². The summed E-state index contributed by atoms with van der Waals surface area (Å²) in [5.41, 5.74) is 4.18. The second-order valence-electron chi connectivity index (χ2n) is 5.81. The second-order valence-corrected chi connectivity index (χ2v) is 6.33. The van der Waals surface area contributed by atoms with Crippen molar-refractivity contribution in [1.82, 2.24) is 0 Å². The van der Waals surface area contributed by atoms with Crippen LogP contribution in [0.15, 0.2) is 18.2 Å². The van der Waals surface area contributed by atoms with Crippen LogP contribution in [-0.4, -0.2) is 0 Å². The van der Waals surface area contributed by atoms with Crippen LogP contribution >= 0.6 is 11.6 Å². The van der Waals surface area contributed by atoms with Gasteiger partial charge in [0.25, 0.3) is 0 Å². The third-order valence-electron chi connectivity index (χ3n) is 3.55. The fraction of sp³-hybridized carbons (Fsp3) is 0.647. The molecular weight excluding hydrogens is 240 g/mol. The smallest absolute Gasteiger partial charge is 0.0588 e. The molecule has 0 radical (unpaired) electrons. The molecule has 1 heteroatoms. The summed E-state index contributed by atoms with van der Waals surface area (Å²) in [6.07, 6.45) is 3.50. The molecule has 1 unspecified atom stereocenters. The van der Waals surface area contributed by atoms with E-state index < -0.39 is 0 Å². The van der Waals surface area contributed by atoms with Crippen LogP contribution in [0.1, 0.15) is 87.8 Å². The van der Waals surface area contributed by atoms with E-state index >= 15 is 0 Å². The van der Waals surface area contributed by atoms with Crippen LogP contribution in [0.4, 0.5) is 0 Å². The Kier molecular flexibility index (Phi) is 6.21. The topological polar surface area (TPSA) is 0 Å². The summed E-state index contributed by atoms with van der Waals surface area (Å²) < 4.78 is 0. The molecule has 0 spiro atoms. The summed E-state index contributed by atoms with van der Waals surface area (Å²) in [5.74, 6) is 1.13. The Balaban J connectivity index is 3.03. The highest BCUT2D eigenvalue weighted by molar-refractivity contribution is 6.20. The standard InChI is InChI=1S/C17H27Cl/c1-6-7-8-17(18)15-10-9-14(12(2)3)11-16(15)13(4)5/h9-13,17H,6-8H2,1-5H3. The maximum atomic E-state index is 6.57. The molecule has 1 rings (SSSR count). The largest absolute Gasteiger partial charge is 0.118 e. The summed E-state index contributed by atoms with van der Waals surface area (Å²) in [5, 5.41) is 0.170. The minimum absolute atomic E-state index is 0.170. The summed E-state index contributed by atoms with van der Waals surface area (Å²) >= 11 is 6.57. The Morgan fingerprint density at radius 1 is 1.00 bits per heavy atom. The van der Waals surface area contributed by atoms with Crippen molar-refractivity contribution in [1.29, 1.82) is 0 Å². The molecule has 0 fully saturated rings. The highest BCUT2D eigenvalue weighted by Gasteiger charge is 2.15. The van der Waals surface area contributed by atoms with Crippen molar-refractivity contribution in [3.63, 3.8) is 0 Å². The highest BCUT2D eigenvalue weighted by Crippen LogP contribution is 2.34. The van der Waals surface area contributed by atoms with Crippen LogP contribution < -0.4 is 0 Å². The van der Waals surface area contributed by atoms with Gasteiger partial charge < -0.3 is 0 Å². The van der Waals surface area contributed by atoms with Crippen LogP contribution in [-0.2, 0) is 0 Å². The fourth-order valence-corrected chi connectivity index (χ4v) is 2.63. The van der Waals surface area contributed by atoms with E-state index in [-0.39, 0.29) is 5.38 Å². The number of hydrogen-bond acceptors (Lipinski definition) is 0. The lowest BCUT2D eigenvalue weighted by Gasteiger charge is -2.19. The first-order valence-corrected chi connectivity index (χ1v) is 7.68. The zero-order valence-electron chi connectivity index (χ0n) is 12.5. The molecule has 0 saturated heterocycles. The normalized spacial score (nSPS) is 13.3. The third-order valence-corrected chi connectivity index (χ3v) is 4.00. The van der Waals surface area contributed by atoms with Crippen LogP contribution in [0.25, 0.3) is 0 Å². The van der Waals surface area contributed by atoms with E-state index in [1.165, 1.54) is 29.5 Å². The lowest BCUT2D eigenvalue weighted by Crippen LogP contribution is -2.02. The van der Waals surface area contributed by atoms with Crippen molar-refractivity contribution >= 4 is 11.6 Å². The maximum Gasteiger partial charge on any atom is 0.0588 e. The van der Waals surface area contributed by atoms with Gasteiger partial charge in [-0.3, -0.25) is 0 Å². The summed E-state index contributed by atoms with van der Waals surface area (Å²) in [6, 6.07) is 6.84. The van der Waals surface area contributed by atoms with Crippen molar-refractivity contribution in [3.8, 4) is 0 Å². The van der Waals surface area contributed by atoms with Gasteiger partial charge in [-0.15, -0.1) is 11.6 Å². The van der Waals surface area contributed by atoms with Gasteiger partial charge >= 0.3 is 0 Å². The third kappa shape index (κ3) is 4.02. The molecule has 0 aliphatic carbocycles. The van der Waals surface area contributed by atoms with Gasteiger partial charge in [-0.2, -0.15) is 0 Å². The lowest BCUT2D eigenvalue weighted by molar-refractivity contribution is 0.689. The van der Waals surface area contributed by atoms with E-state index in [1.54, 1.807) is 0 Å². The molecule has 0 aliphatic rings. The van der Waals surface area contributed by atoms with Gasteiger partial charge in [0.15, 0.2) is 0 Å². The van der Waals surface area contributed by atoms with Gasteiger partial charge in [0.2, 0.25) is 0 Å². The summed E-state index contributed by atoms with van der Waals surface area (Å²) in [4.78, 5) is 0. The average Bonchev–Trinajstić information content (AvgIpc) is 2.34. The van der Waals surface area contributed by atoms with Crippen molar-refractivity contribution in [2.45, 2.75) is 71.1 Å². The molecule has 1 atom stereocenters. The fourth-order valence-electron chi connectivity index (χ4n) is 2.28. The van der Waals surface area contributed by atoms with E-state index in [0.717, 1.165) is 6.42 Å². The van der Waals surface area contributed by atoms with E-state index in [0.29, 0.717) is 11.8 Å². The van der Waals surface area contributed by atoms with E-state index in [4.69, 9.17) is 11.6 Å². The van der Waals surface area contributed by atoms with Gasteiger partial charge in [0.1, 0.15) is 0 Å². The van der Waals surface area contributed by atoms with Crippen molar-refractivity contribution in [2.75, 3.05) is 0 Å². The molecule has 0 heterocycles. The Morgan fingerprint density at radius 2 is 1.67 bits per heavy atom. The van der Waals surface area contributed by atoms with Gasteiger partial charge in [0, 0.05) is 0 Å². The number of alkyl halides is 1. The van der Waals surface area contributed by atoms with Gasteiger partial charge in [-0.25, -0.2) is 0 Å². The molecule has 0 nitrogen and oxygen atoms in total. The Hall–Kier alpha value is -0.490. The van der Waals surface area contributed by atoms with Crippen molar-refractivity contribution in [2.24, 2.45) is 0 Å². The zero-order valence-corrected chi connectivity index (χ0v) is 13.2. The van der Waals surface area contributed by atoms with Gasteiger partial charge in [-0.1, -0.05) is 65.7 Å². The minimum atomic E-state index is 0.170. The minimum Gasteiger partial charge on any atom is -0.118 e. The predicted octanol–water partition coefficient (Wildman–Crippen LogP) is 6.40. The average molecular weight is 267 g/mol. The Labute approximate surface area is 118 Å². The molecule has 18 heavy (non-hydrogen) atoms. The first kappa shape index (κ1) is 15.6. The molecular formula is C17H27Cl.